The number of carbonyl (C=O) groups is 1. The van der Waals surface area contributed by atoms with Gasteiger partial charge in [0, 0.05) is 25.8 Å². The molecule has 1 amide bonds. The van der Waals surface area contributed by atoms with E-state index < -0.39 is 17.1 Å². The second-order valence-corrected chi connectivity index (χ2v) is 8.44. The molecule has 8 nitrogen and oxygen atoms in total. The fourth-order valence-corrected chi connectivity index (χ4v) is 4.39. The van der Waals surface area contributed by atoms with E-state index in [9.17, 15) is 18.8 Å². The molecule has 0 atom stereocenters. The minimum Gasteiger partial charge on any atom is -0.336 e. The van der Waals surface area contributed by atoms with Gasteiger partial charge in [-0.25, -0.2) is 9.18 Å². The first kappa shape index (κ1) is 21.8. The molecule has 1 aliphatic heterocycles. The number of aryl methyl sites for hydroxylation is 1. The number of fused-ring (bicyclic) bond motifs is 2. The quantitative estimate of drug-likeness (QED) is 0.456. The molecule has 4 aromatic rings. The first-order chi connectivity index (χ1) is 16.4. The highest BCUT2D eigenvalue weighted by Crippen LogP contribution is 2.19. The summed E-state index contributed by atoms with van der Waals surface area (Å²) in [6.07, 6.45) is 2.38. The zero-order valence-electron chi connectivity index (χ0n) is 18.8. The van der Waals surface area contributed by atoms with Gasteiger partial charge >= 0.3 is 5.69 Å². The number of amides is 1. The molecule has 0 N–H and O–H groups in total. The van der Waals surface area contributed by atoms with Crippen LogP contribution in [-0.4, -0.2) is 36.3 Å². The number of benzene rings is 2. The maximum Gasteiger partial charge on any atom is 0.332 e. The van der Waals surface area contributed by atoms with Crippen molar-refractivity contribution < 1.29 is 9.18 Å². The van der Waals surface area contributed by atoms with Crippen LogP contribution in [0.4, 0.5) is 4.39 Å². The molecule has 0 bridgehead atoms. The molecule has 2 aromatic heterocycles. The van der Waals surface area contributed by atoms with Gasteiger partial charge in [-0.1, -0.05) is 36.4 Å². The van der Waals surface area contributed by atoms with Crippen LogP contribution in [0.25, 0.3) is 11.0 Å². The standard InChI is InChI=1S/C25H24FN5O3/c1-2-29-15-21-23(27-29)24(33)31(13-17-7-9-20(26)10-8-17)25(34)30(21)16-22(32)28-12-11-18-5-3-4-6-19(18)14-28/h3-10,15H,2,11-14,16H2,1H3. The maximum atomic E-state index is 13.4. The van der Waals surface area contributed by atoms with E-state index in [2.05, 4.69) is 11.2 Å². The SMILES string of the molecule is CCn1cc2c(n1)c(=O)n(Cc1ccc(F)cc1)c(=O)n2CC(=O)N1CCc2ccccc2C1. The number of hydrogen-bond donors (Lipinski definition) is 0. The molecule has 0 radical (unpaired) electrons. The lowest BCUT2D eigenvalue weighted by Crippen LogP contribution is -2.44. The van der Waals surface area contributed by atoms with Gasteiger partial charge in [-0.05, 0) is 42.2 Å². The van der Waals surface area contributed by atoms with Gasteiger partial charge in [0.2, 0.25) is 5.91 Å². The van der Waals surface area contributed by atoms with Gasteiger partial charge in [0.25, 0.3) is 5.56 Å². The molecule has 1 aliphatic rings. The Labute approximate surface area is 194 Å². The molecule has 174 valence electrons. The van der Waals surface area contributed by atoms with E-state index in [1.165, 1.54) is 34.4 Å². The van der Waals surface area contributed by atoms with Crippen molar-refractivity contribution in [2.75, 3.05) is 6.54 Å². The van der Waals surface area contributed by atoms with E-state index in [1.807, 2.05) is 25.1 Å². The Bertz CT molecular complexity index is 1500. The number of rotatable bonds is 5. The Morgan fingerprint density at radius 3 is 2.50 bits per heavy atom. The molecule has 0 saturated heterocycles. The van der Waals surface area contributed by atoms with Crippen molar-refractivity contribution >= 4 is 16.9 Å². The third kappa shape index (κ3) is 3.93. The molecule has 2 aromatic carbocycles. The summed E-state index contributed by atoms with van der Waals surface area (Å²) in [7, 11) is 0. The van der Waals surface area contributed by atoms with Gasteiger partial charge in [0.1, 0.15) is 12.4 Å². The molecule has 0 aliphatic carbocycles. The second kappa shape index (κ2) is 8.74. The molecular formula is C25H24FN5O3. The number of aromatic nitrogens is 4. The third-order valence-electron chi connectivity index (χ3n) is 6.30. The number of carbonyl (C=O) groups excluding carboxylic acids is 1. The van der Waals surface area contributed by atoms with Crippen LogP contribution in [0.3, 0.4) is 0 Å². The fourth-order valence-electron chi connectivity index (χ4n) is 4.39. The first-order valence-corrected chi connectivity index (χ1v) is 11.2. The van der Waals surface area contributed by atoms with Crippen molar-refractivity contribution in [2.24, 2.45) is 0 Å². The molecule has 0 spiro atoms. The van der Waals surface area contributed by atoms with Crippen LogP contribution in [0.5, 0.6) is 0 Å². The van der Waals surface area contributed by atoms with Crippen LogP contribution in [0.15, 0.2) is 64.3 Å². The average Bonchev–Trinajstić information content (AvgIpc) is 3.30. The Morgan fingerprint density at radius 1 is 1.03 bits per heavy atom. The zero-order chi connectivity index (χ0) is 23.8. The summed E-state index contributed by atoms with van der Waals surface area (Å²) < 4.78 is 17.3. The summed E-state index contributed by atoms with van der Waals surface area (Å²) in [6, 6.07) is 13.6. The van der Waals surface area contributed by atoms with E-state index in [0.717, 1.165) is 16.6 Å². The fraction of sp³-hybridized carbons (Fsp3) is 0.280. The highest BCUT2D eigenvalue weighted by molar-refractivity contribution is 5.80. The van der Waals surface area contributed by atoms with Gasteiger partial charge in [-0.3, -0.25) is 23.4 Å². The topological polar surface area (TPSA) is 82.1 Å². The molecule has 3 heterocycles. The van der Waals surface area contributed by atoms with Crippen molar-refractivity contribution in [3.8, 4) is 0 Å². The van der Waals surface area contributed by atoms with Gasteiger partial charge in [-0.15, -0.1) is 0 Å². The van der Waals surface area contributed by atoms with E-state index in [1.54, 1.807) is 15.8 Å². The van der Waals surface area contributed by atoms with Crippen molar-refractivity contribution in [1.29, 1.82) is 0 Å². The number of hydrogen-bond acceptors (Lipinski definition) is 4. The average molecular weight is 461 g/mol. The van der Waals surface area contributed by atoms with Crippen molar-refractivity contribution in [3.63, 3.8) is 0 Å². The molecule has 34 heavy (non-hydrogen) atoms. The van der Waals surface area contributed by atoms with Crippen LogP contribution in [0.2, 0.25) is 0 Å². The lowest BCUT2D eigenvalue weighted by atomic mass is 10.00. The van der Waals surface area contributed by atoms with Crippen LogP contribution >= 0.6 is 0 Å². The molecule has 0 saturated carbocycles. The normalized spacial score (nSPS) is 13.3. The van der Waals surface area contributed by atoms with Crippen LogP contribution < -0.4 is 11.2 Å². The minimum absolute atomic E-state index is 0.0435. The molecule has 9 heteroatoms. The lowest BCUT2D eigenvalue weighted by molar-refractivity contribution is -0.132. The Balaban J connectivity index is 1.53. The summed E-state index contributed by atoms with van der Waals surface area (Å²) in [4.78, 5) is 41.6. The second-order valence-electron chi connectivity index (χ2n) is 8.44. The van der Waals surface area contributed by atoms with E-state index in [4.69, 9.17) is 0 Å². The largest absolute Gasteiger partial charge is 0.336 e. The maximum absolute atomic E-state index is 13.4. The van der Waals surface area contributed by atoms with Crippen molar-refractivity contribution in [2.45, 2.75) is 39.5 Å². The zero-order valence-corrected chi connectivity index (χ0v) is 18.8. The smallest absolute Gasteiger partial charge is 0.332 e. The highest BCUT2D eigenvalue weighted by Gasteiger charge is 2.24. The van der Waals surface area contributed by atoms with Crippen molar-refractivity contribution in [3.05, 3.63) is 98.1 Å². The minimum atomic E-state index is -0.594. The Morgan fingerprint density at radius 2 is 1.76 bits per heavy atom. The van der Waals surface area contributed by atoms with E-state index >= 15 is 0 Å². The van der Waals surface area contributed by atoms with Gasteiger partial charge in [-0.2, -0.15) is 5.10 Å². The predicted octanol–water partition coefficient (Wildman–Crippen LogP) is 2.15. The monoisotopic (exact) mass is 461 g/mol. The van der Waals surface area contributed by atoms with Gasteiger partial charge < -0.3 is 4.90 Å². The highest BCUT2D eigenvalue weighted by atomic mass is 19.1. The summed E-state index contributed by atoms with van der Waals surface area (Å²) in [6.45, 7) is 3.20. The van der Waals surface area contributed by atoms with Gasteiger partial charge in [0.15, 0.2) is 5.52 Å². The first-order valence-electron chi connectivity index (χ1n) is 11.2. The van der Waals surface area contributed by atoms with Crippen molar-refractivity contribution in [1.82, 2.24) is 23.8 Å². The molecule has 0 unspecified atom stereocenters. The summed E-state index contributed by atoms with van der Waals surface area (Å²) in [5.74, 6) is -0.603. The van der Waals surface area contributed by atoms with Crippen LogP contribution in [-0.2, 0) is 37.4 Å². The Hall–Kier alpha value is -4.01. The lowest BCUT2D eigenvalue weighted by Gasteiger charge is -2.29. The number of nitrogens with zero attached hydrogens (tertiary/aromatic N) is 5. The summed E-state index contributed by atoms with van der Waals surface area (Å²) in [5.41, 5.74) is 2.25. The third-order valence-corrected chi connectivity index (χ3v) is 6.30. The summed E-state index contributed by atoms with van der Waals surface area (Å²) in [5, 5.41) is 4.34. The Kier molecular flexibility index (Phi) is 5.61. The van der Waals surface area contributed by atoms with E-state index in [-0.39, 0.29) is 24.5 Å². The molecule has 5 rings (SSSR count). The van der Waals surface area contributed by atoms with Crippen LogP contribution in [0.1, 0.15) is 23.6 Å². The molecular weight excluding hydrogens is 437 g/mol. The van der Waals surface area contributed by atoms with Crippen LogP contribution in [0, 0.1) is 5.82 Å². The van der Waals surface area contributed by atoms with E-state index in [0.29, 0.717) is 30.7 Å². The molecule has 0 fully saturated rings. The summed E-state index contributed by atoms with van der Waals surface area (Å²) >= 11 is 0. The number of halogens is 1. The van der Waals surface area contributed by atoms with Gasteiger partial charge in [0.05, 0.1) is 12.1 Å². The predicted molar refractivity (Wildman–Crippen MR) is 125 cm³/mol.